The zero-order valence-corrected chi connectivity index (χ0v) is 11.6. The summed E-state index contributed by atoms with van der Waals surface area (Å²) in [5.41, 5.74) is 2.54. The van der Waals surface area contributed by atoms with Crippen molar-refractivity contribution in [2.45, 2.75) is 25.3 Å². The van der Waals surface area contributed by atoms with E-state index in [1.807, 2.05) is 0 Å². The summed E-state index contributed by atoms with van der Waals surface area (Å²) in [6, 6.07) is 6.32. The Morgan fingerprint density at radius 3 is 2.79 bits per heavy atom. The number of benzene rings is 1. The minimum absolute atomic E-state index is 0.351. The first-order valence-electron chi connectivity index (χ1n) is 5.80. The topological polar surface area (TPSA) is 73.8 Å². The number of thioether (sulfide) groups is 1. The maximum Gasteiger partial charge on any atom is 0.490 e. The van der Waals surface area contributed by atoms with Crippen molar-refractivity contribution in [2.24, 2.45) is 0 Å². The molecule has 0 saturated carbocycles. The van der Waals surface area contributed by atoms with Crippen LogP contribution < -0.4 is 0 Å². The molecule has 100 valence electrons. The molecule has 19 heavy (non-hydrogen) atoms. The molecule has 0 radical (unpaired) electrons. The fourth-order valence-corrected chi connectivity index (χ4v) is 2.48. The van der Waals surface area contributed by atoms with E-state index in [4.69, 9.17) is 0 Å². The van der Waals surface area contributed by atoms with Gasteiger partial charge >= 0.3 is 5.95 Å². The lowest BCUT2D eigenvalue weighted by Gasteiger charge is -2.04. The molecule has 0 aliphatic rings. The molecule has 1 aromatic carbocycles. The van der Waals surface area contributed by atoms with Crippen molar-refractivity contribution in [3.05, 3.63) is 45.8 Å². The molecule has 0 unspecified atom stereocenters. The van der Waals surface area contributed by atoms with Gasteiger partial charge in [0.05, 0.1) is 6.54 Å². The van der Waals surface area contributed by atoms with Crippen molar-refractivity contribution in [3.63, 3.8) is 0 Å². The molecule has 1 aromatic heterocycles. The van der Waals surface area contributed by atoms with Crippen LogP contribution >= 0.6 is 11.8 Å². The molecule has 0 amide bonds. The van der Waals surface area contributed by atoms with Crippen LogP contribution in [0.3, 0.4) is 0 Å². The highest BCUT2D eigenvalue weighted by Crippen LogP contribution is 2.21. The molecule has 0 fully saturated rings. The molecule has 0 N–H and O–H groups in total. The fraction of sp³-hybridized carbons (Fsp3) is 0.333. The van der Waals surface area contributed by atoms with Crippen molar-refractivity contribution < 1.29 is 4.92 Å². The third-order valence-electron chi connectivity index (χ3n) is 2.76. The smallest absolute Gasteiger partial charge is 0.390 e. The average molecular weight is 278 g/mol. The Morgan fingerprint density at radius 1 is 1.37 bits per heavy atom. The number of hydrogen-bond acceptors (Lipinski definition) is 5. The van der Waals surface area contributed by atoms with Crippen molar-refractivity contribution in [1.29, 1.82) is 0 Å². The lowest BCUT2D eigenvalue weighted by molar-refractivity contribution is -0.394. The van der Waals surface area contributed by atoms with Crippen LogP contribution in [0.2, 0.25) is 0 Å². The number of aryl methyl sites for hydroxylation is 3. The zero-order chi connectivity index (χ0) is 13.8. The van der Waals surface area contributed by atoms with E-state index < -0.39 is 4.92 Å². The van der Waals surface area contributed by atoms with Crippen LogP contribution in [0.5, 0.6) is 0 Å². The third kappa shape index (κ3) is 3.54. The Balaban J connectivity index is 1.88. The van der Waals surface area contributed by atoms with Crippen molar-refractivity contribution >= 4 is 17.7 Å². The Kier molecular flexibility index (Phi) is 4.16. The predicted molar refractivity (Wildman–Crippen MR) is 73.3 cm³/mol. The Bertz CT molecular complexity index is 597. The maximum absolute atomic E-state index is 10.4. The number of aromatic nitrogens is 3. The summed E-state index contributed by atoms with van der Waals surface area (Å²) in [5.74, 6) is 0.444. The lowest BCUT2D eigenvalue weighted by Crippen LogP contribution is -2.01. The van der Waals surface area contributed by atoms with Crippen molar-refractivity contribution in [2.75, 3.05) is 5.75 Å². The second-order valence-electron chi connectivity index (χ2n) is 4.16. The number of nitro groups is 1. The number of hydrogen-bond donors (Lipinski definition) is 0. The van der Waals surface area contributed by atoms with Gasteiger partial charge in [0.15, 0.2) is 0 Å². The van der Waals surface area contributed by atoms with Crippen LogP contribution in [0.4, 0.5) is 5.95 Å². The SMILES string of the molecule is Cc1ccc(SCCn2cnc([N+](=O)[O-])n2)cc1C. The first-order chi connectivity index (χ1) is 9.06. The molecular formula is C12H14N4O2S. The van der Waals surface area contributed by atoms with Crippen LogP contribution in [0, 0.1) is 24.0 Å². The second-order valence-corrected chi connectivity index (χ2v) is 5.33. The normalized spacial score (nSPS) is 10.6. The average Bonchev–Trinajstić information content (AvgIpc) is 2.83. The van der Waals surface area contributed by atoms with E-state index in [2.05, 4.69) is 42.1 Å². The van der Waals surface area contributed by atoms with Crippen LogP contribution in [0.1, 0.15) is 11.1 Å². The van der Waals surface area contributed by atoms with Gasteiger partial charge in [0.25, 0.3) is 0 Å². The molecule has 0 atom stereocenters. The van der Waals surface area contributed by atoms with Crippen molar-refractivity contribution in [1.82, 2.24) is 14.8 Å². The van der Waals surface area contributed by atoms with Gasteiger partial charge in [0.2, 0.25) is 6.33 Å². The molecule has 0 saturated heterocycles. The third-order valence-corrected chi connectivity index (χ3v) is 3.73. The second kappa shape index (κ2) is 5.83. The molecular weight excluding hydrogens is 264 g/mol. The summed E-state index contributed by atoms with van der Waals surface area (Å²) >= 11 is 1.70. The number of nitrogens with zero attached hydrogens (tertiary/aromatic N) is 4. The summed E-state index contributed by atoms with van der Waals surface area (Å²) in [6.07, 6.45) is 1.39. The van der Waals surface area contributed by atoms with Crippen LogP contribution in [-0.4, -0.2) is 25.4 Å². The van der Waals surface area contributed by atoms with E-state index in [-0.39, 0.29) is 5.95 Å². The van der Waals surface area contributed by atoms with E-state index in [0.29, 0.717) is 6.54 Å². The molecule has 0 aliphatic carbocycles. The summed E-state index contributed by atoms with van der Waals surface area (Å²) in [4.78, 5) is 14.7. The van der Waals surface area contributed by atoms with Gasteiger partial charge in [-0.25, -0.2) is 0 Å². The van der Waals surface area contributed by atoms with Crippen LogP contribution in [0.15, 0.2) is 29.4 Å². The molecule has 0 aliphatic heterocycles. The van der Waals surface area contributed by atoms with E-state index in [9.17, 15) is 10.1 Å². The predicted octanol–water partition coefficient (Wildman–Crippen LogP) is 2.60. The van der Waals surface area contributed by atoms with Gasteiger partial charge in [-0.05, 0) is 42.0 Å². The highest BCUT2D eigenvalue weighted by atomic mass is 32.2. The molecule has 0 spiro atoms. The molecule has 1 heterocycles. The fourth-order valence-electron chi connectivity index (χ4n) is 1.54. The van der Waals surface area contributed by atoms with E-state index in [1.165, 1.54) is 27.0 Å². The van der Waals surface area contributed by atoms with E-state index in [0.717, 1.165) is 5.75 Å². The minimum atomic E-state index is -0.590. The molecule has 2 rings (SSSR count). The highest BCUT2D eigenvalue weighted by Gasteiger charge is 2.12. The molecule has 6 nitrogen and oxygen atoms in total. The summed E-state index contributed by atoms with van der Waals surface area (Å²) in [5, 5.41) is 14.2. The van der Waals surface area contributed by atoms with Crippen LogP contribution in [-0.2, 0) is 6.54 Å². The Morgan fingerprint density at radius 2 is 2.16 bits per heavy atom. The summed E-state index contributed by atoms with van der Waals surface area (Å²) < 4.78 is 1.49. The van der Waals surface area contributed by atoms with Gasteiger partial charge in [0, 0.05) is 15.7 Å². The lowest BCUT2D eigenvalue weighted by atomic mass is 10.1. The van der Waals surface area contributed by atoms with E-state index >= 15 is 0 Å². The molecule has 2 aromatic rings. The first-order valence-corrected chi connectivity index (χ1v) is 6.79. The van der Waals surface area contributed by atoms with E-state index in [1.54, 1.807) is 11.8 Å². The maximum atomic E-state index is 10.4. The zero-order valence-electron chi connectivity index (χ0n) is 10.7. The quantitative estimate of drug-likeness (QED) is 0.477. The Labute approximate surface area is 115 Å². The largest absolute Gasteiger partial charge is 0.490 e. The first kappa shape index (κ1) is 13.5. The minimum Gasteiger partial charge on any atom is -0.390 e. The summed E-state index contributed by atoms with van der Waals surface area (Å²) in [6.45, 7) is 4.76. The monoisotopic (exact) mass is 278 g/mol. The van der Waals surface area contributed by atoms with Gasteiger partial charge in [-0.2, -0.15) is 4.68 Å². The standard InChI is InChI=1S/C12H14N4O2S/c1-9-3-4-11(7-10(9)2)19-6-5-15-8-13-12(14-15)16(17)18/h3-4,7-8H,5-6H2,1-2H3. The van der Waals surface area contributed by atoms with Crippen LogP contribution in [0.25, 0.3) is 0 Å². The van der Waals surface area contributed by atoms with Gasteiger partial charge in [-0.1, -0.05) is 11.1 Å². The van der Waals surface area contributed by atoms with Gasteiger partial charge < -0.3 is 10.1 Å². The van der Waals surface area contributed by atoms with Crippen molar-refractivity contribution in [3.8, 4) is 0 Å². The highest BCUT2D eigenvalue weighted by molar-refractivity contribution is 7.99. The molecule has 7 heteroatoms. The summed E-state index contributed by atoms with van der Waals surface area (Å²) in [7, 11) is 0. The molecule has 0 bridgehead atoms. The van der Waals surface area contributed by atoms with Gasteiger partial charge in [-0.15, -0.1) is 11.8 Å². The van der Waals surface area contributed by atoms with Gasteiger partial charge in [0.1, 0.15) is 0 Å². The van der Waals surface area contributed by atoms with Gasteiger partial charge in [-0.3, -0.25) is 0 Å². The Hall–Kier alpha value is -1.89. The number of rotatable bonds is 5.